The molecule has 198 valence electrons. The summed E-state index contributed by atoms with van der Waals surface area (Å²) in [5.41, 5.74) is 2.48. The zero-order chi connectivity index (χ0) is 26.5. The largest absolute Gasteiger partial charge is 0.414 e. The van der Waals surface area contributed by atoms with E-state index in [0.717, 1.165) is 29.5 Å². The van der Waals surface area contributed by atoms with Crippen molar-refractivity contribution in [2.75, 3.05) is 13.7 Å². The van der Waals surface area contributed by atoms with Crippen molar-refractivity contribution in [1.29, 1.82) is 0 Å². The molecule has 3 atom stereocenters. The normalized spacial score (nSPS) is 21.1. The standard InChI is InChI=1S/C32H42O4Si/c1-31(2,3)37(5,6)36-28-22-29(35-30(23-28)33-4)24-34-32(25-16-10-7-11-17-25,26-18-12-8-13-19-26)27-20-14-9-15-21-27/h7-21,28-30H,22-24H2,1-6H3/t28-,29+,30+/m1/s1. The minimum Gasteiger partial charge on any atom is -0.414 e. The van der Waals surface area contributed by atoms with Gasteiger partial charge < -0.3 is 18.6 Å². The highest BCUT2D eigenvalue weighted by Crippen LogP contribution is 2.42. The molecular formula is C32H42O4Si. The van der Waals surface area contributed by atoms with Crippen LogP contribution in [0.2, 0.25) is 18.1 Å². The Kier molecular flexibility index (Phi) is 8.72. The third-order valence-corrected chi connectivity index (χ3v) is 12.4. The molecule has 37 heavy (non-hydrogen) atoms. The molecule has 0 aliphatic carbocycles. The van der Waals surface area contributed by atoms with Gasteiger partial charge in [-0.2, -0.15) is 0 Å². The lowest BCUT2D eigenvalue weighted by Crippen LogP contribution is -2.49. The van der Waals surface area contributed by atoms with Crippen LogP contribution in [-0.4, -0.2) is 40.5 Å². The second-order valence-electron chi connectivity index (χ2n) is 11.5. The van der Waals surface area contributed by atoms with Crippen LogP contribution in [0, 0.1) is 0 Å². The highest BCUT2D eigenvalue weighted by Gasteiger charge is 2.43. The lowest BCUT2D eigenvalue weighted by Gasteiger charge is -2.43. The molecule has 1 heterocycles. The zero-order valence-corrected chi connectivity index (χ0v) is 24.1. The molecular weight excluding hydrogens is 476 g/mol. The van der Waals surface area contributed by atoms with Gasteiger partial charge in [0.25, 0.3) is 0 Å². The van der Waals surface area contributed by atoms with E-state index in [4.69, 9.17) is 18.6 Å². The van der Waals surface area contributed by atoms with Crippen LogP contribution in [0.15, 0.2) is 91.0 Å². The Labute approximate surface area is 224 Å². The highest BCUT2D eigenvalue weighted by atomic mass is 28.4. The summed E-state index contributed by atoms with van der Waals surface area (Å²) in [6.45, 7) is 11.9. The van der Waals surface area contributed by atoms with Gasteiger partial charge in [0.2, 0.25) is 0 Å². The molecule has 1 saturated heterocycles. The van der Waals surface area contributed by atoms with Crippen LogP contribution in [0.25, 0.3) is 0 Å². The first-order valence-corrected chi connectivity index (χ1v) is 16.2. The first-order valence-electron chi connectivity index (χ1n) is 13.3. The summed E-state index contributed by atoms with van der Waals surface area (Å²) >= 11 is 0. The Bertz CT molecular complexity index is 999. The second-order valence-corrected chi connectivity index (χ2v) is 16.2. The van der Waals surface area contributed by atoms with E-state index >= 15 is 0 Å². The maximum Gasteiger partial charge on any atom is 0.192 e. The van der Waals surface area contributed by atoms with E-state index in [0.29, 0.717) is 6.61 Å². The van der Waals surface area contributed by atoms with Crippen molar-refractivity contribution in [2.24, 2.45) is 0 Å². The van der Waals surface area contributed by atoms with Crippen molar-refractivity contribution >= 4 is 8.32 Å². The summed E-state index contributed by atoms with van der Waals surface area (Å²) in [5.74, 6) is 0. The topological polar surface area (TPSA) is 36.9 Å². The fraction of sp³-hybridized carbons (Fsp3) is 0.438. The second kappa shape index (κ2) is 11.6. The number of methoxy groups -OCH3 is 1. The van der Waals surface area contributed by atoms with Gasteiger partial charge in [0.05, 0.1) is 18.8 Å². The minimum atomic E-state index is -1.93. The number of benzene rings is 3. The van der Waals surface area contributed by atoms with Gasteiger partial charge in [0.15, 0.2) is 14.6 Å². The van der Waals surface area contributed by atoms with Crippen molar-refractivity contribution in [3.05, 3.63) is 108 Å². The van der Waals surface area contributed by atoms with E-state index in [1.54, 1.807) is 7.11 Å². The quantitative estimate of drug-likeness (QED) is 0.217. The van der Waals surface area contributed by atoms with Gasteiger partial charge in [-0.3, -0.25) is 0 Å². The Morgan fingerprint density at radius 2 is 1.22 bits per heavy atom. The van der Waals surface area contributed by atoms with E-state index in [9.17, 15) is 0 Å². The molecule has 5 heteroatoms. The molecule has 0 amide bonds. The monoisotopic (exact) mass is 518 g/mol. The summed E-state index contributed by atoms with van der Waals surface area (Å²) < 4.78 is 25.9. The predicted molar refractivity (Wildman–Crippen MR) is 152 cm³/mol. The van der Waals surface area contributed by atoms with Crippen LogP contribution >= 0.6 is 0 Å². The molecule has 4 rings (SSSR count). The molecule has 0 spiro atoms. The molecule has 0 radical (unpaired) electrons. The van der Waals surface area contributed by atoms with Crippen molar-refractivity contribution < 1.29 is 18.6 Å². The average Bonchev–Trinajstić information content (AvgIpc) is 2.90. The van der Waals surface area contributed by atoms with Crippen LogP contribution in [-0.2, 0) is 24.2 Å². The first kappa shape index (κ1) is 27.7. The Balaban J connectivity index is 1.66. The molecule has 0 saturated carbocycles. The van der Waals surface area contributed by atoms with Crippen LogP contribution in [0.5, 0.6) is 0 Å². The third-order valence-electron chi connectivity index (χ3n) is 7.88. The predicted octanol–water partition coefficient (Wildman–Crippen LogP) is 7.54. The van der Waals surface area contributed by atoms with Crippen molar-refractivity contribution in [3.8, 4) is 0 Å². The smallest absolute Gasteiger partial charge is 0.192 e. The fourth-order valence-electron chi connectivity index (χ4n) is 4.87. The third kappa shape index (κ3) is 6.24. The number of hydrogen-bond donors (Lipinski definition) is 0. The number of ether oxygens (including phenoxy) is 3. The summed E-state index contributed by atoms with van der Waals surface area (Å²) in [7, 11) is -0.226. The van der Waals surface area contributed by atoms with Gasteiger partial charge in [-0.25, -0.2) is 0 Å². The highest BCUT2D eigenvalue weighted by molar-refractivity contribution is 6.74. The van der Waals surface area contributed by atoms with Gasteiger partial charge in [-0.1, -0.05) is 112 Å². The van der Waals surface area contributed by atoms with Crippen molar-refractivity contribution in [2.45, 2.75) is 75.8 Å². The molecule has 1 fully saturated rings. The van der Waals surface area contributed by atoms with Crippen molar-refractivity contribution in [3.63, 3.8) is 0 Å². The SMILES string of the molecule is CO[C@@H]1C[C@H](O[Si](C)(C)C(C)(C)C)C[C@@H](COC(c2ccccc2)(c2ccccc2)c2ccccc2)O1. The number of rotatable bonds is 9. The lowest BCUT2D eigenvalue weighted by molar-refractivity contribution is -0.218. The summed E-state index contributed by atoms with van der Waals surface area (Å²) in [5, 5.41) is 0.142. The van der Waals surface area contributed by atoms with E-state index < -0.39 is 13.9 Å². The van der Waals surface area contributed by atoms with Gasteiger partial charge in [0, 0.05) is 20.0 Å². The van der Waals surface area contributed by atoms with Gasteiger partial charge in [-0.15, -0.1) is 0 Å². The van der Waals surface area contributed by atoms with Gasteiger partial charge >= 0.3 is 0 Å². The Hall–Kier alpha value is -2.28. The molecule has 3 aromatic carbocycles. The van der Waals surface area contributed by atoms with Gasteiger partial charge in [0.1, 0.15) is 5.60 Å². The summed E-state index contributed by atoms with van der Waals surface area (Å²) in [4.78, 5) is 0. The molecule has 0 unspecified atom stereocenters. The minimum absolute atomic E-state index is 0.0766. The van der Waals surface area contributed by atoms with E-state index in [1.165, 1.54) is 0 Å². The Morgan fingerprint density at radius 3 is 1.62 bits per heavy atom. The first-order chi connectivity index (χ1) is 17.7. The number of hydrogen-bond acceptors (Lipinski definition) is 4. The van der Waals surface area contributed by atoms with Crippen LogP contribution in [0.1, 0.15) is 50.3 Å². The molecule has 1 aliphatic heterocycles. The Morgan fingerprint density at radius 1 is 0.757 bits per heavy atom. The maximum atomic E-state index is 7.04. The fourth-order valence-corrected chi connectivity index (χ4v) is 6.24. The average molecular weight is 519 g/mol. The molecule has 0 bridgehead atoms. The van der Waals surface area contributed by atoms with Crippen LogP contribution < -0.4 is 0 Å². The molecule has 0 N–H and O–H groups in total. The molecule has 0 aromatic heterocycles. The van der Waals surface area contributed by atoms with E-state index in [2.05, 4.69) is 107 Å². The molecule has 4 nitrogen and oxygen atoms in total. The summed E-state index contributed by atoms with van der Waals surface area (Å²) in [6.07, 6.45) is 1.13. The van der Waals surface area contributed by atoms with E-state index in [1.807, 2.05) is 18.2 Å². The zero-order valence-electron chi connectivity index (χ0n) is 23.1. The lowest BCUT2D eigenvalue weighted by atomic mass is 9.80. The van der Waals surface area contributed by atoms with Crippen LogP contribution in [0.3, 0.4) is 0 Å². The molecule has 3 aromatic rings. The summed E-state index contributed by atoms with van der Waals surface area (Å²) in [6, 6.07) is 31.4. The maximum absolute atomic E-state index is 7.04. The molecule has 1 aliphatic rings. The van der Waals surface area contributed by atoms with Crippen LogP contribution in [0.4, 0.5) is 0 Å². The van der Waals surface area contributed by atoms with E-state index in [-0.39, 0.29) is 23.5 Å². The van der Waals surface area contributed by atoms with Gasteiger partial charge in [-0.05, 0) is 34.8 Å². The van der Waals surface area contributed by atoms with Crippen molar-refractivity contribution in [1.82, 2.24) is 0 Å².